The van der Waals surface area contributed by atoms with Gasteiger partial charge in [-0.2, -0.15) is 0 Å². The van der Waals surface area contributed by atoms with Crippen LogP contribution >= 0.6 is 0 Å². The molecule has 0 aromatic heterocycles. The van der Waals surface area contributed by atoms with Gasteiger partial charge in [0.15, 0.2) is 6.29 Å². The maximum Gasteiger partial charge on any atom is 0.178 e. The van der Waals surface area contributed by atoms with Crippen molar-refractivity contribution < 1.29 is 10.2 Å². The summed E-state index contributed by atoms with van der Waals surface area (Å²) in [7, 11) is 0. The molecular formula is C9H14O2. The zero-order chi connectivity index (χ0) is 9.02. The number of aliphatic hydroxyl groups excluding tert-OH is 1. The van der Waals surface area contributed by atoms with E-state index in [0.29, 0.717) is 5.57 Å². The van der Waals surface area contributed by atoms with E-state index in [0.717, 1.165) is 12.0 Å². The molecule has 0 heterocycles. The largest absolute Gasteiger partial charge is 0.364 e. The summed E-state index contributed by atoms with van der Waals surface area (Å²) < 4.78 is 0. The van der Waals surface area contributed by atoms with Crippen LogP contribution in [0.5, 0.6) is 0 Å². The topological polar surface area (TPSA) is 40.5 Å². The van der Waals surface area contributed by atoms with Gasteiger partial charge in [-0.1, -0.05) is 26.7 Å². The lowest BCUT2D eigenvalue weighted by atomic mass is 10.0. The van der Waals surface area contributed by atoms with Crippen molar-refractivity contribution in [2.24, 2.45) is 0 Å². The van der Waals surface area contributed by atoms with Gasteiger partial charge in [-0.3, -0.25) is 0 Å². The molecule has 62 valence electrons. The predicted molar refractivity (Wildman–Crippen MR) is 45.9 cm³/mol. The van der Waals surface area contributed by atoms with Gasteiger partial charge in [0, 0.05) is 5.57 Å². The van der Waals surface area contributed by atoms with E-state index in [-0.39, 0.29) is 5.57 Å². The third-order valence-corrected chi connectivity index (χ3v) is 1.55. The first kappa shape index (κ1) is 10.1. The normalized spacial score (nSPS) is 9.82. The molecule has 2 heteroatoms. The van der Waals surface area contributed by atoms with Crippen molar-refractivity contribution in [3.8, 4) is 0 Å². The molecule has 0 saturated heterocycles. The van der Waals surface area contributed by atoms with Crippen molar-refractivity contribution >= 4 is 0 Å². The molecule has 2 nitrogen and oxygen atoms in total. The van der Waals surface area contributed by atoms with E-state index in [2.05, 4.69) is 19.7 Å². The summed E-state index contributed by atoms with van der Waals surface area (Å²) in [6, 6.07) is 0. The number of hydrogen-bond acceptors (Lipinski definition) is 2. The first-order chi connectivity index (χ1) is 5.00. The highest BCUT2D eigenvalue weighted by molar-refractivity contribution is 5.42. The van der Waals surface area contributed by atoms with Gasteiger partial charge in [0.05, 0.1) is 0 Å². The Morgan fingerprint density at radius 1 is 1.27 bits per heavy atom. The van der Waals surface area contributed by atoms with Crippen LogP contribution in [0.2, 0.25) is 0 Å². The number of allylic oxidation sites excluding steroid dienone is 1. The molecule has 0 spiro atoms. The fraction of sp³-hybridized carbons (Fsp3) is 0.333. The first-order valence-electron chi connectivity index (χ1n) is 3.43. The molecule has 0 aliphatic rings. The monoisotopic (exact) mass is 154 g/mol. The molecule has 0 radical (unpaired) electrons. The Balaban J connectivity index is 4.26. The van der Waals surface area contributed by atoms with Crippen LogP contribution < -0.4 is 0 Å². The lowest BCUT2D eigenvalue weighted by molar-refractivity contribution is -0.00532. The van der Waals surface area contributed by atoms with Gasteiger partial charge in [-0.05, 0) is 17.6 Å². The fourth-order valence-electron chi connectivity index (χ4n) is 0.596. The van der Waals surface area contributed by atoms with Gasteiger partial charge in [-0.15, -0.1) is 0 Å². The van der Waals surface area contributed by atoms with Gasteiger partial charge in [0.25, 0.3) is 0 Å². The second-order valence-corrected chi connectivity index (χ2v) is 2.33. The summed E-state index contributed by atoms with van der Waals surface area (Å²) in [5.41, 5.74) is 1.53. The summed E-state index contributed by atoms with van der Waals surface area (Å²) in [5, 5.41) is 17.4. The standard InChI is InChI=1S/C9H14O2/c1-5-6(2)7(3)8(4)9(10)11/h9-11H,2-5H2,1H3. The summed E-state index contributed by atoms with van der Waals surface area (Å²) in [4.78, 5) is 0. The SMILES string of the molecule is C=C(CC)C(=C)C(=C)C(O)O. The average molecular weight is 154 g/mol. The summed E-state index contributed by atoms with van der Waals surface area (Å²) in [5.74, 6) is 0. The number of aliphatic hydroxyl groups is 2. The van der Waals surface area contributed by atoms with Crippen molar-refractivity contribution in [1.29, 1.82) is 0 Å². The highest BCUT2D eigenvalue weighted by atomic mass is 16.5. The number of hydrogen-bond donors (Lipinski definition) is 2. The van der Waals surface area contributed by atoms with Crippen molar-refractivity contribution in [1.82, 2.24) is 0 Å². The maximum absolute atomic E-state index is 8.69. The van der Waals surface area contributed by atoms with E-state index in [4.69, 9.17) is 10.2 Å². The molecule has 0 aromatic carbocycles. The third kappa shape index (κ3) is 2.70. The minimum atomic E-state index is -1.52. The van der Waals surface area contributed by atoms with Crippen LogP contribution in [0, 0.1) is 0 Å². The van der Waals surface area contributed by atoms with Crippen LogP contribution in [0.15, 0.2) is 36.5 Å². The molecule has 0 saturated carbocycles. The molecule has 0 aliphatic carbocycles. The molecule has 0 aliphatic heterocycles. The third-order valence-electron chi connectivity index (χ3n) is 1.55. The highest BCUT2D eigenvalue weighted by Gasteiger charge is 2.08. The maximum atomic E-state index is 8.69. The van der Waals surface area contributed by atoms with Crippen molar-refractivity contribution in [3.05, 3.63) is 36.5 Å². The molecule has 0 rings (SSSR count). The average Bonchev–Trinajstić information content (AvgIpc) is 2.00. The molecule has 0 bridgehead atoms. The molecule has 0 aromatic rings. The van der Waals surface area contributed by atoms with Crippen molar-refractivity contribution in [2.45, 2.75) is 19.6 Å². The zero-order valence-corrected chi connectivity index (χ0v) is 6.80. The summed E-state index contributed by atoms with van der Waals surface area (Å²) in [6.45, 7) is 12.7. The van der Waals surface area contributed by atoms with E-state index < -0.39 is 6.29 Å². The van der Waals surface area contributed by atoms with Gasteiger partial charge in [0.2, 0.25) is 0 Å². The van der Waals surface area contributed by atoms with Crippen LogP contribution in [0.1, 0.15) is 13.3 Å². The summed E-state index contributed by atoms with van der Waals surface area (Å²) >= 11 is 0. The minimum Gasteiger partial charge on any atom is -0.364 e. The Hall–Kier alpha value is -0.860. The molecule has 0 fully saturated rings. The smallest absolute Gasteiger partial charge is 0.178 e. The Labute approximate surface area is 67.2 Å². The molecular weight excluding hydrogens is 140 g/mol. The van der Waals surface area contributed by atoms with Crippen LogP contribution in [0.4, 0.5) is 0 Å². The Morgan fingerprint density at radius 3 is 2.00 bits per heavy atom. The van der Waals surface area contributed by atoms with Crippen LogP contribution in [-0.4, -0.2) is 16.5 Å². The van der Waals surface area contributed by atoms with E-state index in [9.17, 15) is 0 Å². The van der Waals surface area contributed by atoms with E-state index in [1.165, 1.54) is 0 Å². The summed E-state index contributed by atoms with van der Waals surface area (Å²) in [6.07, 6.45) is -0.782. The van der Waals surface area contributed by atoms with Crippen molar-refractivity contribution in [3.63, 3.8) is 0 Å². The van der Waals surface area contributed by atoms with E-state index in [1.807, 2.05) is 6.92 Å². The molecule has 0 unspecified atom stereocenters. The lowest BCUT2D eigenvalue weighted by Gasteiger charge is -2.11. The molecule has 2 N–H and O–H groups in total. The molecule has 0 atom stereocenters. The fourth-order valence-corrected chi connectivity index (χ4v) is 0.596. The Kier molecular flexibility index (Phi) is 3.79. The van der Waals surface area contributed by atoms with Gasteiger partial charge in [-0.25, -0.2) is 0 Å². The van der Waals surface area contributed by atoms with Crippen LogP contribution in [0.25, 0.3) is 0 Å². The van der Waals surface area contributed by atoms with E-state index in [1.54, 1.807) is 0 Å². The van der Waals surface area contributed by atoms with Crippen molar-refractivity contribution in [2.75, 3.05) is 0 Å². The quantitative estimate of drug-likeness (QED) is 0.474. The minimum absolute atomic E-state index is 0.219. The van der Waals surface area contributed by atoms with E-state index >= 15 is 0 Å². The first-order valence-corrected chi connectivity index (χ1v) is 3.43. The second-order valence-electron chi connectivity index (χ2n) is 2.33. The number of rotatable bonds is 4. The van der Waals surface area contributed by atoms with Crippen LogP contribution in [0.3, 0.4) is 0 Å². The van der Waals surface area contributed by atoms with Gasteiger partial charge >= 0.3 is 0 Å². The molecule has 0 amide bonds. The lowest BCUT2D eigenvalue weighted by Crippen LogP contribution is -2.09. The zero-order valence-electron chi connectivity index (χ0n) is 6.80. The Morgan fingerprint density at radius 2 is 1.73 bits per heavy atom. The second kappa shape index (κ2) is 4.11. The van der Waals surface area contributed by atoms with Gasteiger partial charge in [0.1, 0.15) is 0 Å². The highest BCUT2D eigenvalue weighted by Crippen LogP contribution is 2.18. The predicted octanol–water partition coefficient (Wildman–Crippen LogP) is 1.38. The van der Waals surface area contributed by atoms with Gasteiger partial charge < -0.3 is 10.2 Å². The van der Waals surface area contributed by atoms with Crippen LogP contribution in [-0.2, 0) is 0 Å². The Bertz CT molecular complexity index is 190. The molecule has 11 heavy (non-hydrogen) atoms.